The molecule has 8 nitrogen and oxygen atoms in total. The van der Waals surface area contributed by atoms with Crippen LogP contribution >= 0.6 is 0 Å². The first-order valence-corrected chi connectivity index (χ1v) is 12.4. The van der Waals surface area contributed by atoms with E-state index < -0.39 is 15.7 Å². The highest BCUT2D eigenvalue weighted by Gasteiger charge is 2.18. The van der Waals surface area contributed by atoms with E-state index in [1.165, 1.54) is 23.3 Å². The van der Waals surface area contributed by atoms with Gasteiger partial charge in [0.05, 0.1) is 11.4 Å². The van der Waals surface area contributed by atoms with E-state index in [4.69, 9.17) is 0 Å². The van der Waals surface area contributed by atoms with Gasteiger partial charge >= 0.3 is 0 Å². The van der Waals surface area contributed by atoms with Gasteiger partial charge in [0.1, 0.15) is 5.82 Å². The third-order valence-electron chi connectivity index (χ3n) is 5.31. The zero-order valence-electron chi connectivity index (χ0n) is 18.6. The fraction of sp³-hybridized carbons (Fsp3) is 0.167. The number of tetrazole rings is 1. The summed E-state index contributed by atoms with van der Waals surface area (Å²) < 4.78 is 38.1. The van der Waals surface area contributed by atoms with Gasteiger partial charge in [0.2, 0.25) is 5.91 Å². The van der Waals surface area contributed by atoms with Gasteiger partial charge in [-0.1, -0.05) is 43.3 Å². The summed E-state index contributed by atoms with van der Waals surface area (Å²) in [5, 5.41) is 13.4. The second-order valence-corrected chi connectivity index (χ2v) is 9.79. The van der Waals surface area contributed by atoms with Crippen LogP contribution in [0.1, 0.15) is 18.9 Å². The van der Waals surface area contributed by atoms with Gasteiger partial charge in [-0.05, 0) is 57.4 Å². The lowest BCUT2D eigenvalue weighted by atomic mass is 10.0. The van der Waals surface area contributed by atoms with Gasteiger partial charge in [0.25, 0.3) is 0 Å². The molecule has 1 heterocycles. The molecule has 0 spiro atoms. The molecular weight excluding hydrogens is 457 g/mol. The number of carbonyl (C=O) groups excluding carboxylic acids is 1. The number of anilines is 1. The summed E-state index contributed by atoms with van der Waals surface area (Å²) in [6.07, 6.45) is 1.41. The Labute approximate surface area is 196 Å². The first-order chi connectivity index (χ1) is 16.2. The number of amides is 1. The van der Waals surface area contributed by atoms with Crippen molar-refractivity contribution < 1.29 is 17.6 Å². The summed E-state index contributed by atoms with van der Waals surface area (Å²) >= 11 is 0. The van der Waals surface area contributed by atoms with Gasteiger partial charge in [0.15, 0.2) is 15.7 Å². The van der Waals surface area contributed by atoms with Crippen LogP contribution < -0.4 is 4.90 Å². The number of aromatic nitrogens is 4. The Kier molecular flexibility index (Phi) is 6.51. The highest BCUT2D eigenvalue weighted by molar-refractivity contribution is 7.90. The lowest BCUT2D eigenvalue weighted by Gasteiger charge is -2.23. The lowest BCUT2D eigenvalue weighted by molar-refractivity contribution is -0.118. The predicted molar refractivity (Wildman–Crippen MR) is 126 cm³/mol. The Hall–Kier alpha value is -3.92. The van der Waals surface area contributed by atoms with E-state index in [9.17, 15) is 17.6 Å². The first-order valence-electron chi connectivity index (χ1n) is 10.5. The summed E-state index contributed by atoms with van der Waals surface area (Å²) in [5.74, 6) is -0.388. The molecule has 0 aliphatic carbocycles. The minimum absolute atomic E-state index is 0.169. The van der Waals surface area contributed by atoms with Gasteiger partial charge in [-0.25, -0.2) is 17.9 Å². The van der Waals surface area contributed by atoms with E-state index in [1.807, 2.05) is 30.3 Å². The number of nitrogens with one attached hydrogen (secondary N) is 1. The van der Waals surface area contributed by atoms with Crippen molar-refractivity contribution >= 4 is 21.4 Å². The molecule has 4 aromatic rings. The molecule has 0 aliphatic heterocycles. The highest BCUT2D eigenvalue weighted by atomic mass is 32.2. The molecule has 0 bridgehead atoms. The van der Waals surface area contributed by atoms with Gasteiger partial charge < -0.3 is 4.90 Å². The van der Waals surface area contributed by atoms with Crippen molar-refractivity contribution in [3.8, 4) is 22.5 Å². The van der Waals surface area contributed by atoms with E-state index in [1.54, 1.807) is 31.2 Å². The normalized spacial score (nSPS) is 11.4. The number of benzene rings is 3. The van der Waals surface area contributed by atoms with Crippen LogP contribution in [0, 0.1) is 5.82 Å². The quantitative estimate of drug-likeness (QED) is 0.429. The summed E-state index contributed by atoms with van der Waals surface area (Å²) in [5.41, 5.74) is 3.26. The Morgan fingerprint density at radius 3 is 2.41 bits per heavy atom. The summed E-state index contributed by atoms with van der Waals surface area (Å²) in [4.78, 5) is 14.5. The van der Waals surface area contributed by atoms with Crippen LogP contribution in [-0.2, 0) is 21.2 Å². The number of hydrogen-bond donors (Lipinski definition) is 1. The predicted octanol–water partition coefficient (Wildman–Crippen LogP) is 4.02. The molecule has 1 aromatic heterocycles. The fourth-order valence-electron chi connectivity index (χ4n) is 3.55. The molecule has 0 saturated heterocycles. The number of H-pyrrole nitrogens is 1. The molecule has 174 valence electrons. The molecule has 0 radical (unpaired) electrons. The zero-order chi connectivity index (χ0) is 24.3. The molecule has 4 rings (SSSR count). The summed E-state index contributed by atoms with van der Waals surface area (Å²) in [7, 11) is -3.31. The number of aromatic amines is 1. The summed E-state index contributed by atoms with van der Waals surface area (Å²) in [6.45, 7) is 1.97. The van der Waals surface area contributed by atoms with Crippen LogP contribution in [-0.4, -0.2) is 41.2 Å². The molecule has 1 N–H and O–H groups in total. The molecule has 1 amide bonds. The van der Waals surface area contributed by atoms with Gasteiger partial charge in [0, 0.05) is 23.9 Å². The van der Waals surface area contributed by atoms with E-state index in [-0.39, 0.29) is 23.8 Å². The van der Waals surface area contributed by atoms with Crippen molar-refractivity contribution in [3.63, 3.8) is 0 Å². The van der Waals surface area contributed by atoms with Crippen molar-refractivity contribution in [2.24, 2.45) is 0 Å². The minimum Gasteiger partial charge on any atom is -0.308 e. The monoisotopic (exact) mass is 479 g/mol. The SMILES string of the molecule is CCC(=O)N(Cc1ccc(-c2cccc(S(C)(=O)=O)c2)cc1)c1cc(F)cc(-c2nnn[nH]2)c1. The Balaban J connectivity index is 1.63. The van der Waals surface area contributed by atoms with E-state index >= 15 is 0 Å². The number of nitrogens with zero attached hydrogens (tertiary/aromatic N) is 4. The van der Waals surface area contributed by atoms with Gasteiger partial charge in [-0.3, -0.25) is 4.79 Å². The van der Waals surface area contributed by atoms with Crippen molar-refractivity contribution in [2.45, 2.75) is 24.8 Å². The number of sulfone groups is 1. The number of carbonyl (C=O) groups is 1. The molecule has 34 heavy (non-hydrogen) atoms. The maximum Gasteiger partial charge on any atom is 0.227 e. The van der Waals surface area contributed by atoms with Crippen molar-refractivity contribution in [1.82, 2.24) is 20.6 Å². The molecular formula is C24H22FN5O3S. The zero-order valence-corrected chi connectivity index (χ0v) is 19.4. The van der Waals surface area contributed by atoms with Crippen molar-refractivity contribution in [1.29, 1.82) is 0 Å². The summed E-state index contributed by atoms with van der Waals surface area (Å²) in [6, 6.07) is 18.4. The molecule has 0 fully saturated rings. The number of hydrogen-bond acceptors (Lipinski definition) is 6. The van der Waals surface area contributed by atoms with Gasteiger partial charge in [-0.2, -0.15) is 0 Å². The smallest absolute Gasteiger partial charge is 0.227 e. The highest BCUT2D eigenvalue weighted by Crippen LogP contribution is 2.27. The average Bonchev–Trinajstić information content (AvgIpc) is 3.37. The van der Waals surface area contributed by atoms with Crippen LogP contribution in [0.2, 0.25) is 0 Å². The molecule has 0 saturated carbocycles. The topological polar surface area (TPSA) is 109 Å². The minimum atomic E-state index is -3.31. The van der Waals surface area contributed by atoms with Crippen LogP contribution in [0.3, 0.4) is 0 Å². The van der Waals surface area contributed by atoms with Crippen molar-refractivity contribution in [3.05, 3.63) is 78.1 Å². The molecule has 0 aliphatic rings. The maximum absolute atomic E-state index is 14.4. The van der Waals surface area contributed by atoms with Crippen LogP contribution in [0.25, 0.3) is 22.5 Å². The van der Waals surface area contributed by atoms with Crippen molar-refractivity contribution in [2.75, 3.05) is 11.2 Å². The van der Waals surface area contributed by atoms with Gasteiger partial charge in [-0.15, -0.1) is 5.10 Å². The second kappa shape index (κ2) is 9.52. The van der Waals surface area contributed by atoms with E-state index in [2.05, 4.69) is 20.6 Å². The maximum atomic E-state index is 14.4. The third-order valence-corrected chi connectivity index (χ3v) is 6.42. The molecule has 10 heteroatoms. The Morgan fingerprint density at radius 1 is 1.00 bits per heavy atom. The Bertz CT molecular complexity index is 1420. The lowest BCUT2D eigenvalue weighted by Crippen LogP contribution is -2.29. The van der Waals surface area contributed by atoms with Crippen LogP contribution in [0.4, 0.5) is 10.1 Å². The Morgan fingerprint density at radius 2 is 1.76 bits per heavy atom. The van der Waals surface area contributed by atoms with E-state index in [0.717, 1.165) is 16.7 Å². The first kappa shape index (κ1) is 23.2. The van der Waals surface area contributed by atoms with Crippen LogP contribution in [0.5, 0.6) is 0 Å². The standard InChI is InChI=1S/C24H22FN5O3S/c1-3-23(31)30(21-12-19(11-20(25)14-21)24-26-28-29-27-24)15-16-7-9-17(10-8-16)18-5-4-6-22(13-18)34(2,32)33/h4-14H,3,15H2,1-2H3,(H,26,27,28,29). The fourth-order valence-corrected chi connectivity index (χ4v) is 4.22. The molecule has 0 unspecified atom stereocenters. The average molecular weight is 480 g/mol. The largest absolute Gasteiger partial charge is 0.308 e. The number of rotatable bonds is 7. The third kappa shape index (κ3) is 5.18. The molecule has 3 aromatic carbocycles. The number of halogens is 1. The van der Waals surface area contributed by atoms with Crippen LogP contribution in [0.15, 0.2) is 71.6 Å². The molecule has 0 atom stereocenters. The second-order valence-electron chi connectivity index (χ2n) is 7.78. The van der Waals surface area contributed by atoms with E-state index in [0.29, 0.717) is 17.1 Å².